The average molecular weight is 2010 g/mol. The number of aryl methyl sites for hydroxylation is 2. The summed E-state index contributed by atoms with van der Waals surface area (Å²) < 4.78 is 13.9. The highest BCUT2D eigenvalue weighted by molar-refractivity contribution is 8.76. The lowest BCUT2D eigenvalue weighted by Gasteiger charge is -2.31. The fourth-order valence-electron chi connectivity index (χ4n) is 15.1. The maximum Gasteiger partial charge on any atom is 0.311 e. The summed E-state index contributed by atoms with van der Waals surface area (Å²) in [5, 5.41) is 24.4. The third-order valence-corrected chi connectivity index (χ3v) is 34.9. The molecule has 1 aromatic heterocycles. The molecule has 2 aliphatic rings. The number of allylic oxidation sites excluding steroid dienone is 1. The van der Waals surface area contributed by atoms with Gasteiger partial charge in [0.2, 0.25) is 17.7 Å². The minimum atomic E-state index is -0.819. The smallest absolute Gasteiger partial charge is 0.311 e. The lowest BCUT2D eigenvalue weighted by atomic mass is 9.75. The van der Waals surface area contributed by atoms with Gasteiger partial charge in [-0.3, -0.25) is 33.6 Å². The SMILES string of the molecule is C.C.C=C1C[C@H]2[C@H](CS[C@H]2CCCCC(=O)OCCCC(=O)C(C)(C)CC(CC(SC(=S)SCCCC)c2ccccc2)C(=O)NC(C)C)N1.CCCCSC(=S)SC(CC(CC(C)(C)C(=O)CCCc1ccc(C)c(O)c1)C(=O)NC(C)C)c1ccccc1.CCCCSC(=S)SC(CC(CC(C)(C)C(=O)OCCSSc1ccccn1)C(=O)NC(C)C)c1ccccc1. The van der Waals surface area contributed by atoms with Crippen LogP contribution in [0.4, 0.5) is 0 Å². The maximum atomic E-state index is 13.6. The number of thioether (sulfide) groups is 7. The Morgan fingerprint density at radius 1 is 0.538 bits per heavy atom. The fraction of sp³-hybridized carbons (Fsp3) is 0.602. The predicted molar refractivity (Wildman–Crippen MR) is 581 cm³/mol. The number of unbranched alkanes of at least 4 members (excludes halogenated alkanes) is 4. The van der Waals surface area contributed by atoms with E-state index in [2.05, 4.69) is 90.0 Å². The van der Waals surface area contributed by atoms with E-state index in [1.807, 2.05) is 187 Å². The Hall–Kier alpha value is -4.52. The van der Waals surface area contributed by atoms with Crippen LogP contribution in [0.3, 0.4) is 0 Å². The first kappa shape index (κ1) is 120. The van der Waals surface area contributed by atoms with Gasteiger partial charge in [-0.15, -0.1) is 35.3 Å². The highest BCUT2D eigenvalue weighted by Gasteiger charge is 2.42. The largest absolute Gasteiger partial charge is 0.508 e. The third-order valence-electron chi connectivity index (χ3n) is 22.2. The number of thiocarbonyl (C=S) groups is 3. The average Bonchev–Trinajstić information content (AvgIpc) is 1.63. The zero-order valence-corrected chi connectivity index (χ0v) is 88.6. The van der Waals surface area contributed by atoms with Crippen molar-refractivity contribution in [2.45, 2.75) is 317 Å². The zero-order chi connectivity index (χ0) is 94.2. The second kappa shape index (κ2) is 65.3. The van der Waals surface area contributed by atoms with Crippen LogP contribution in [0.1, 0.15) is 297 Å². The van der Waals surface area contributed by atoms with Gasteiger partial charge in [0.25, 0.3) is 0 Å². The fourth-order valence-corrected chi connectivity index (χ4v) is 27.2. The van der Waals surface area contributed by atoms with Gasteiger partial charge in [0, 0.05) is 116 Å². The number of esters is 2. The van der Waals surface area contributed by atoms with Crippen molar-refractivity contribution in [2.24, 2.45) is 39.9 Å². The molecule has 5 aromatic rings. The van der Waals surface area contributed by atoms with E-state index in [4.69, 9.17) is 46.1 Å². The van der Waals surface area contributed by atoms with Gasteiger partial charge in [0.05, 0.1) is 12.0 Å². The second-order valence-corrected chi connectivity index (χ2v) is 50.4. The van der Waals surface area contributed by atoms with Crippen molar-refractivity contribution in [2.75, 3.05) is 42.0 Å². The Morgan fingerprint density at radius 2 is 0.969 bits per heavy atom. The number of hydrogen-bond acceptors (Lipinski definition) is 24. The molecule has 5 N–H and O–H groups in total. The van der Waals surface area contributed by atoms with Crippen molar-refractivity contribution in [1.82, 2.24) is 26.3 Å². The van der Waals surface area contributed by atoms with Crippen LogP contribution >= 0.6 is 141 Å². The molecule has 0 spiro atoms. The predicted octanol–water partition coefficient (Wildman–Crippen LogP) is 28.0. The summed E-state index contributed by atoms with van der Waals surface area (Å²) in [5.41, 5.74) is 4.30. The van der Waals surface area contributed by atoms with Crippen LogP contribution in [0, 0.1) is 46.8 Å². The number of Topliss-reactive ketones (excluding diaryl/α,β-unsaturated/α-hetero) is 2. The summed E-state index contributed by atoms with van der Waals surface area (Å²) in [5.74, 6) is 4.43. The Morgan fingerprint density at radius 3 is 1.38 bits per heavy atom. The number of fused-ring (bicyclic) bond motifs is 1. The number of carbonyl (C=O) groups is 7. The first-order valence-corrected chi connectivity index (χ1v) is 56.1. The van der Waals surface area contributed by atoms with E-state index in [-0.39, 0.29) is 120 Å². The van der Waals surface area contributed by atoms with Gasteiger partial charge in [-0.05, 0) is 239 Å². The second-order valence-electron chi connectivity index (χ2n) is 36.2. The number of rotatable bonds is 54. The van der Waals surface area contributed by atoms with E-state index in [1.165, 1.54) is 5.70 Å². The number of hydrogen-bond donors (Lipinski definition) is 5. The van der Waals surface area contributed by atoms with Crippen LogP contribution in [0.25, 0.3) is 0 Å². The van der Waals surface area contributed by atoms with Crippen LogP contribution in [0.15, 0.2) is 151 Å². The van der Waals surface area contributed by atoms with Crippen molar-refractivity contribution in [3.05, 3.63) is 174 Å². The summed E-state index contributed by atoms with van der Waals surface area (Å²) in [4.78, 5) is 97.2. The summed E-state index contributed by atoms with van der Waals surface area (Å²) in [6, 6.07) is 42.8. The number of benzene rings is 4. The normalized spacial score (nSPS) is 15.5. The van der Waals surface area contributed by atoms with Gasteiger partial charge in [0.1, 0.15) is 39.5 Å². The van der Waals surface area contributed by atoms with Crippen molar-refractivity contribution in [3.8, 4) is 5.75 Å². The quantitative estimate of drug-likeness (QED) is 0.0106. The molecule has 130 heavy (non-hydrogen) atoms. The topological polar surface area (TPSA) is 219 Å². The number of ketones is 2. The molecule has 27 heteroatoms. The number of pyridine rings is 1. The number of phenolic OH excluding ortho intramolecular Hbond substituents is 1. The van der Waals surface area contributed by atoms with Crippen molar-refractivity contribution >= 4 is 192 Å². The molecule has 7 rings (SSSR count). The van der Waals surface area contributed by atoms with Crippen LogP contribution in [-0.4, -0.2) is 133 Å². The molecule has 4 aromatic carbocycles. The molecule has 15 nitrogen and oxygen atoms in total. The summed E-state index contributed by atoms with van der Waals surface area (Å²) >= 11 is 29.4. The number of ether oxygens (including phenoxy) is 2. The van der Waals surface area contributed by atoms with E-state index >= 15 is 0 Å². The Balaban J connectivity index is 0.000000502. The Bertz CT molecular complexity index is 4180. The third kappa shape index (κ3) is 47.5. The number of amides is 3. The van der Waals surface area contributed by atoms with E-state index in [1.54, 1.807) is 104 Å². The maximum absolute atomic E-state index is 13.6. The van der Waals surface area contributed by atoms with E-state index in [0.717, 1.165) is 137 Å². The monoisotopic (exact) mass is 2010 g/mol. The zero-order valence-electron chi connectivity index (χ0n) is 78.8. The van der Waals surface area contributed by atoms with Gasteiger partial charge >= 0.3 is 11.9 Å². The lowest BCUT2D eigenvalue weighted by Crippen LogP contribution is -2.40. The van der Waals surface area contributed by atoms with Crippen LogP contribution in [-0.2, 0) is 49.5 Å². The molecule has 3 heterocycles. The number of aromatic nitrogens is 1. The molecule has 0 saturated carbocycles. The summed E-state index contributed by atoms with van der Waals surface area (Å²) in [6.07, 6.45) is 18.8. The first-order valence-electron chi connectivity index (χ1n) is 45.9. The van der Waals surface area contributed by atoms with Crippen molar-refractivity contribution in [3.63, 3.8) is 0 Å². The van der Waals surface area contributed by atoms with Gasteiger partial charge in [0.15, 0.2) is 0 Å². The van der Waals surface area contributed by atoms with Crippen LogP contribution in [0.5, 0.6) is 5.75 Å². The number of phenols is 1. The highest BCUT2D eigenvalue weighted by Crippen LogP contribution is 2.47. The standard InChI is InChI=1S/C38H58N2O4S4.C33H47NO3S3.C30H42N2O3S5.2CH4/c1-7-8-21-46-37(45)48-33(28-15-10-9-11-16-28)23-29(36(43)39-26(2)3)24-38(5,6)34(41)18-14-20-44-35(42)19-13-12-17-32-30-22-27(4)40-31(30)25-47-32;1-7-8-19-39-32(38)40-29(26-14-10-9-11-15-26)21-27(31(37)34-23(2)3)22-33(5,6)30(36)16-12-13-25-18-17-24(4)28(35)20-25;1-6-7-18-37-29(36)39-25(23-13-9-8-10-14-23)20-24(27(33)32-22(2)3)21-30(4,5)28(34)35-17-19-38-40-26-15-11-12-16-31-26;;/h9-11,15-16,26,29-33,40H,4,7-8,12-14,17-25H2,1-3,5-6H3,(H,39,43);9-11,14-15,17-18,20,23,27,29,35H,7-8,12-13,16,19,21-22H2,1-6H3,(H,34,37);8-16,22,24-25H,6-7,17-21H2,1-5H3,(H,32,33);2*1H4/t29?,30-,31-,32-,33?;;;;/m0..../s1. The lowest BCUT2D eigenvalue weighted by molar-refractivity contribution is -0.154. The number of nitrogens with zero attached hydrogens (tertiary/aromatic N) is 1. The Kier molecular flexibility index (Phi) is 60.1. The molecule has 724 valence electrons. The molecule has 0 bridgehead atoms. The highest BCUT2D eigenvalue weighted by atomic mass is 33.1. The first-order chi connectivity index (χ1) is 60.9. The van der Waals surface area contributed by atoms with Gasteiger partial charge in [-0.2, -0.15) is 11.8 Å². The molecule has 2 fully saturated rings. The van der Waals surface area contributed by atoms with Gasteiger partial charge in [-0.25, -0.2) is 4.98 Å². The molecule has 0 aliphatic carbocycles. The van der Waals surface area contributed by atoms with Crippen LogP contribution in [0.2, 0.25) is 0 Å². The van der Waals surface area contributed by atoms with Gasteiger partial charge < -0.3 is 35.8 Å². The number of nitrogens with one attached hydrogen (secondary N) is 4. The molecule has 3 amide bonds. The summed E-state index contributed by atoms with van der Waals surface area (Å²) in [7, 11) is 3.16. The molecule has 6 unspecified atom stereocenters. The number of aromatic hydroxyl groups is 1. The van der Waals surface area contributed by atoms with E-state index in [0.29, 0.717) is 100 Å². The minimum Gasteiger partial charge on any atom is -0.508 e. The van der Waals surface area contributed by atoms with Crippen molar-refractivity contribution < 1.29 is 48.1 Å². The molecular weight excluding hydrogens is 1850 g/mol. The van der Waals surface area contributed by atoms with Crippen LogP contribution < -0.4 is 21.3 Å². The van der Waals surface area contributed by atoms with E-state index in [9.17, 15) is 38.7 Å². The summed E-state index contributed by atoms with van der Waals surface area (Å²) in [6.45, 7) is 36.4. The molecule has 2 aliphatic heterocycles. The van der Waals surface area contributed by atoms with Gasteiger partial charge in [-0.1, -0.05) is 288 Å². The number of carbonyl (C=O) groups excluding carboxylic acids is 7. The molecule has 2 saturated heterocycles. The Labute approximate surface area is 837 Å². The molecular formula is C103H155N5O10S12. The minimum absolute atomic E-state index is 0. The molecule has 9 atom stereocenters. The van der Waals surface area contributed by atoms with E-state index < -0.39 is 16.2 Å². The van der Waals surface area contributed by atoms with Crippen molar-refractivity contribution in [1.29, 1.82) is 0 Å². The molecule has 0 radical (unpaired) electrons.